The summed E-state index contributed by atoms with van der Waals surface area (Å²) < 4.78 is 21.5. The van der Waals surface area contributed by atoms with E-state index in [4.69, 9.17) is 10.5 Å². The SMILES string of the molecule is Nc1nc2c(ncn2[C@H]2CC(O)[C@@H](COP(=O)([O-])[O-])O2)c(=O)[nH]1. The summed E-state index contributed by atoms with van der Waals surface area (Å²) in [6.07, 6.45) is -1.50. The Labute approximate surface area is 128 Å². The van der Waals surface area contributed by atoms with Gasteiger partial charge in [-0.2, -0.15) is 4.98 Å². The molecular weight excluding hydrogens is 333 g/mol. The molecule has 0 amide bonds. The summed E-state index contributed by atoms with van der Waals surface area (Å²) in [6.45, 7) is -0.606. The van der Waals surface area contributed by atoms with Gasteiger partial charge in [-0.15, -0.1) is 0 Å². The summed E-state index contributed by atoms with van der Waals surface area (Å²) in [5.74, 6) is -0.110. The maximum Gasteiger partial charge on any atom is 0.280 e. The monoisotopic (exact) mass is 345 g/mol. The summed E-state index contributed by atoms with van der Waals surface area (Å²) in [4.78, 5) is 42.8. The molecule has 1 unspecified atom stereocenters. The van der Waals surface area contributed by atoms with Gasteiger partial charge < -0.3 is 34.5 Å². The molecule has 1 fully saturated rings. The van der Waals surface area contributed by atoms with Crippen molar-refractivity contribution >= 4 is 24.9 Å². The molecule has 3 rings (SSSR count). The Morgan fingerprint density at radius 1 is 1.61 bits per heavy atom. The molecule has 2 aromatic rings. The minimum Gasteiger partial charge on any atom is -0.790 e. The number of nitrogens with two attached hydrogens (primary N) is 1. The molecule has 0 spiro atoms. The molecule has 4 N–H and O–H groups in total. The Kier molecular flexibility index (Phi) is 3.96. The van der Waals surface area contributed by atoms with E-state index in [1.807, 2.05) is 0 Å². The van der Waals surface area contributed by atoms with Crippen molar-refractivity contribution in [1.29, 1.82) is 0 Å². The molecule has 126 valence electrons. The first-order valence-electron chi connectivity index (χ1n) is 6.47. The van der Waals surface area contributed by atoms with Crippen LogP contribution in [0.3, 0.4) is 0 Å². The molecule has 13 heteroatoms. The minimum atomic E-state index is -5.16. The highest BCUT2D eigenvalue weighted by molar-refractivity contribution is 7.43. The van der Waals surface area contributed by atoms with E-state index in [0.29, 0.717) is 0 Å². The third-order valence-electron chi connectivity index (χ3n) is 3.36. The van der Waals surface area contributed by atoms with E-state index in [2.05, 4.69) is 19.5 Å². The number of aliphatic hydroxyl groups is 1. The molecule has 12 nitrogen and oxygen atoms in total. The highest BCUT2D eigenvalue weighted by atomic mass is 31.2. The lowest BCUT2D eigenvalue weighted by Gasteiger charge is -2.30. The highest BCUT2D eigenvalue weighted by Crippen LogP contribution is 2.33. The molecule has 2 aromatic heterocycles. The van der Waals surface area contributed by atoms with Gasteiger partial charge in [0.05, 0.1) is 26.9 Å². The summed E-state index contributed by atoms with van der Waals surface area (Å²) in [5, 5.41) is 9.89. The van der Waals surface area contributed by atoms with E-state index in [-0.39, 0.29) is 23.5 Å². The number of aromatic amines is 1. The van der Waals surface area contributed by atoms with Crippen molar-refractivity contribution in [3.63, 3.8) is 0 Å². The third-order valence-corrected chi connectivity index (χ3v) is 3.83. The average molecular weight is 345 g/mol. The van der Waals surface area contributed by atoms with Crippen molar-refractivity contribution in [3.8, 4) is 0 Å². The van der Waals surface area contributed by atoms with Crippen molar-refractivity contribution in [3.05, 3.63) is 16.7 Å². The Bertz CT molecular complexity index is 829. The number of fused-ring (bicyclic) bond motifs is 1. The molecular formula is C10H12N5O7P-2. The Hall–Kier alpha value is -1.82. The van der Waals surface area contributed by atoms with Gasteiger partial charge >= 0.3 is 0 Å². The van der Waals surface area contributed by atoms with E-state index >= 15 is 0 Å². The van der Waals surface area contributed by atoms with Gasteiger partial charge in [-0.05, 0) is 0 Å². The predicted molar refractivity (Wildman–Crippen MR) is 70.7 cm³/mol. The van der Waals surface area contributed by atoms with Crippen LogP contribution in [-0.2, 0) is 13.8 Å². The van der Waals surface area contributed by atoms with Crippen LogP contribution in [0.4, 0.5) is 5.95 Å². The van der Waals surface area contributed by atoms with Crippen molar-refractivity contribution in [2.45, 2.75) is 24.9 Å². The largest absolute Gasteiger partial charge is 0.790 e. The molecule has 0 aliphatic carbocycles. The second-order valence-electron chi connectivity index (χ2n) is 4.95. The fourth-order valence-corrected chi connectivity index (χ4v) is 2.68. The zero-order valence-corrected chi connectivity index (χ0v) is 12.4. The molecule has 1 aliphatic heterocycles. The normalized spacial score (nSPS) is 25.3. The topological polar surface area (TPSA) is 191 Å². The lowest BCUT2D eigenvalue weighted by atomic mass is 10.2. The number of phosphoric acid groups is 1. The van der Waals surface area contributed by atoms with E-state index in [9.17, 15) is 24.3 Å². The van der Waals surface area contributed by atoms with Crippen LogP contribution in [0.1, 0.15) is 12.6 Å². The second-order valence-corrected chi connectivity index (χ2v) is 6.10. The number of hydrogen-bond acceptors (Lipinski definition) is 10. The van der Waals surface area contributed by atoms with Crippen LogP contribution in [0.25, 0.3) is 11.2 Å². The number of H-pyrrole nitrogens is 1. The molecule has 1 aliphatic rings. The van der Waals surface area contributed by atoms with Crippen molar-refractivity contribution in [2.24, 2.45) is 0 Å². The lowest BCUT2D eigenvalue weighted by molar-refractivity contribution is -0.343. The number of nitrogen functional groups attached to an aromatic ring is 1. The number of imidazole rings is 1. The predicted octanol–water partition coefficient (Wildman–Crippen LogP) is -2.80. The molecule has 0 saturated carbocycles. The van der Waals surface area contributed by atoms with Gasteiger partial charge in [-0.1, -0.05) is 0 Å². The van der Waals surface area contributed by atoms with Crippen LogP contribution in [0.15, 0.2) is 11.1 Å². The number of aromatic nitrogens is 4. The number of phosphoric ester groups is 1. The van der Waals surface area contributed by atoms with E-state index in [1.165, 1.54) is 10.9 Å². The molecule has 0 aromatic carbocycles. The maximum atomic E-state index is 11.7. The molecule has 1 saturated heterocycles. The fraction of sp³-hybridized carbons (Fsp3) is 0.500. The molecule has 23 heavy (non-hydrogen) atoms. The summed E-state index contributed by atoms with van der Waals surface area (Å²) in [7, 11) is -5.16. The number of aliphatic hydroxyl groups excluding tert-OH is 1. The summed E-state index contributed by atoms with van der Waals surface area (Å²) in [6, 6.07) is 0. The van der Waals surface area contributed by atoms with Gasteiger partial charge in [0.2, 0.25) is 5.95 Å². The summed E-state index contributed by atoms with van der Waals surface area (Å²) in [5.41, 5.74) is 5.16. The number of ether oxygens (including phenoxy) is 1. The third kappa shape index (κ3) is 3.27. The highest BCUT2D eigenvalue weighted by Gasteiger charge is 2.36. The second kappa shape index (κ2) is 5.67. The Morgan fingerprint density at radius 3 is 3.04 bits per heavy atom. The van der Waals surface area contributed by atoms with E-state index in [0.717, 1.165) is 0 Å². The average Bonchev–Trinajstić information content (AvgIpc) is 2.99. The zero-order valence-electron chi connectivity index (χ0n) is 11.5. The summed E-state index contributed by atoms with van der Waals surface area (Å²) >= 11 is 0. The zero-order chi connectivity index (χ0) is 16.8. The number of nitrogens with zero attached hydrogens (tertiary/aromatic N) is 3. The van der Waals surface area contributed by atoms with Gasteiger partial charge in [0, 0.05) is 6.42 Å². The van der Waals surface area contributed by atoms with Gasteiger partial charge in [-0.3, -0.25) is 14.3 Å². The van der Waals surface area contributed by atoms with Gasteiger partial charge in [0.25, 0.3) is 5.56 Å². The lowest BCUT2D eigenvalue weighted by Crippen LogP contribution is -2.29. The number of rotatable bonds is 4. The van der Waals surface area contributed by atoms with Crippen molar-refractivity contribution < 1.29 is 28.7 Å². The molecule has 3 atom stereocenters. The fourth-order valence-electron chi connectivity index (χ4n) is 2.35. The van der Waals surface area contributed by atoms with Crippen LogP contribution in [0.5, 0.6) is 0 Å². The van der Waals surface area contributed by atoms with Crippen LogP contribution in [0.2, 0.25) is 0 Å². The van der Waals surface area contributed by atoms with Crippen LogP contribution >= 0.6 is 7.82 Å². The van der Waals surface area contributed by atoms with Gasteiger partial charge in [-0.25, -0.2) is 4.98 Å². The van der Waals surface area contributed by atoms with E-state index < -0.39 is 38.4 Å². The number of anilines is 1. The van der Waals surface area contributed by atoms with Gasteiger partial charge in [0.15, 0.2) is 11.2 Å². The number of hydrogen-bond donors (Lipinski definition) is 3. The van der Waals surface area contributed by atoms with Crippen LogP contribution in [-0.4, -0.2) is 43.4 Å². The standard InChI is InChI=1S/C10H14N5O7P/c11-10-13-8-7(9(17)14-10)12-3-15(8)6-1-4(16)5(22-6)2-21-23(18,19)20/h3-6,16H,1-2H2,(H2,18,19,20)(H3,11,13,14,17)/p-2/t4?,5-,6-/m1/s1. The molecule has 0 radical (unpaired) electrons. The van der Waals surface area contributed by atoms with Gasteiger partial charge in [0.1, 0.15) is 12.3 Å². The van der Waals surface area contributed by atoms with Crippen molar-refractivity contribution in [2.75, 3.05) is 12.3 Å². The smallest absolute Gasteiger partial charge is 0.280 e. The quantitative estimate of drug-likeness (QED) is 0.487. The molecule has 0 bridgehead atoms. The maximum absolute atomic E-state index is 11.7. The first-order valence-corrected chi connectivity index (χ1v) is 7.93. The van der Waals surface area contributed by atoms with Crippen LogP contribution in [0, 0.1) is 0 Å². The van der Waals surface area contributed by atoms with Crippen LogP contribution < -0.4 is 21.1 Å². The van der Waals surface area contributed by atoms with E-state index in [1.54, 1.807) is 0 Å². The Morgan fingerprint density at radius 2 is 2.35 bits per heavy atom. The number of nitrogens with one attached hydrogen (secondary N) is 1. The first-order chi connectivity index (χ1) is 10.7. The first kappa shape index (κ1) is 16.1. The molecule has 3 heterocycles. The van der Waals surface area contributed by atoms with Crippen molar-refractivity contribution in [1.82, 2.24) is 19.5 Å². The Balaban J connectivity index is 1.84. The minimum absolute atomic E-state index is 0.0422.